The highest BCUT2D eigenvalue weighted by Gasteiger charge is 2.18. The van der Waals surface area contributed by atoms with Gasteiger partial charge in [0.05, 0.1) is 6.61 Å². The Hall–Kier alpha value is -2.89. The van der Waals surface area contributed by atoms with Crippen LogP contribution in [0.4, 0.5) is 16.3 Å². The average Bonchev–Trinajstić information content (AvgIpc) is 2.49. The summed E-state index contributed by atoms with van der Waals surface area (Å²) in [7, 11) is 0. The first kappa shape index (κ1) is 14.5. The van der Waals surface area contributed by atoms with Crippen LogP contribution in [0, 0.1) is 0 Å². The third-order valence-corrected chi connectivity index (χ3v) is 2.50. The van der Waals surface area contributed by atoms with Crippen molar-refractivity contribution in [2.75, 3.05) is 11.9 Å². The van der Waals surface area contributed by atoms with Crippen LogP contribution in [-0.2, 0) is 9.47 Å². The fraction of sp³-hybridized carbons (Fsp3) is 0.133. The number of nitrogens with one attached hydrogen (secondary N) is 1. The predicted octanol–water partition coefficient (Wildman–Crippen LogP) is 3.14. The van der Waals surface area contributed by atoms with Crippen LogP contribution >= 0.6 is 0 Å². The van der Waals surface area contributed by atoms with E-state index in [1.807, 2.05) is 30.3 Å². The zero-order chi connectivity index (χ0) is 15.1. The summed E-state index contributed by atoms with van der Waals surface area (Å²) in [5, 5.41) is 2.99. The lowest BCUT2D eigenvalue weighted by Gasteiger charge is -2.09. The fourth-order valence-corrected chi connectivity index (χ4v) is 1.61. The van der Waals surface area contributed by atoms with Crippen molar-refractivity contribution in [1.29, 1.82) is 0 Å². The van der Waals surface area contributed by atoms with Crippen molar-refractivity contribution in [2.45, 2.75) is 6.92 Å². The van der Waals surface area contributed by atoms with Crippen LogP contribution < -0.4 is 5.32 Å². The minimum Gasteiger partial charge on any atom is -0.434 e. The van der Waals surface area contributed by atoms with Gasteiger partial charge in [0.1, 0.15) is 11.4 Å². The highest BCUT2D eigenvalue weighted by molar-refractivity contribution is 5.99. The van der Waals surface area contributed by atoms with Crippen molar-refractivity contribution < 1.29 is 19.1 Å². The number of carbonyl (C=O) groups excluding carboxylic acids is 2. The number of aromatic nitrogens is 1. The first-order valence-electron chi connectivity index (χ1n) is 6.36. The van der Waals surface area contributed by atoms with Gasteiger partial charge in [0.25, 0.3) is 0 Å². The van der Waals surface area contributed by atoms with Crippen LogP contribution in [0.3, 0.4) is 0 Å². The molecule has 0 amide bonds. The molecule has 0 aliphatic carbocycles. The number of hydrogen-bond donors (Lipinski definition) is 1. The van der Waals surface area contributed by atoms with Crippen LogP contribution in [0.25, 0.3) is 0 Å². The lowest BCUT2D eigenvalue weighted by Crippen LogP contribution is -2.15. The van der Waals surface area contributed by atoms with Crippen LogP contribution in [0.1, 0.15) is 17.3 Å². The summed E-state index contributed by atoms with van der Waals surface area (Å²) in [5.74, 6) is -0.516. The monoisotopic (exact) mass is 286 g/mol. The molecule has 1 N–H and O–H groups in total. The summed E-state index contributed by atoms with van der Waals surface area (Å²) in [6.45, 7) is 1.76. The van der Waals surface area contributed by atoms with E-state index in [0.717, 1.165) is 5.69 Å². The first-order chi connectivity index (χ1) is 10.2. The van der Waals surface area contributed by atoms with Crippen molar-refractivity contribution in [1.82, 2.24) is 4.98 Å². The summed E-state index contributed by atoms with van der Waals surface area (Å²) >= 11 is 0. The Balaban J connectivity index is 2.17. The van der Waals surface area contributed by atoms with Gasteiger partial charge in [-0.25, -0.2) is 14.6 Å². The molecule has 0 saturated carbocycles. The van der Waals surface area contributed by atoms with E-state index in [1.165, 1.54) is 12.3 Å². The van der Waals surface area contributed by atoms with E-state index >= 15 is 0 Å². The summed E-state index contributed by atoms with van der Waals surface area (Å²) < 4.78 is 9.14. The standard InChI is InChI=1S/C15H14N2O4/c1-2-20-15(19)21-14(18)12-9-6-10-16-13(12)17-11-7-4-3-5-8-11/h3-10H,2H2,1H3,(H,16,17). The number of esters is 1. The molecule has 0 unspecified atom stereocenters. The minimum absolute atomic E-state index is 0.133. The molecule has 0 atom stereocenters. The Morgan fingerprint density at radius 3 is 2.62 bits per heavy atom. The van der Waals surface area contributed by atoms with E-state index in [1.54, 1.807) is 13.0 Å². The number of hydrogen-bond acceptors (Lipinski definition) is 6. The molecule has 0 aliphatic heterocycles. The van der Waals surface area contributed by atoms with E-state index in [-0.39, 0.29) is 12.2 Å². The second-order valence-electron chi connectivity index (χ2n) is 3.96. The number of benzene rings is 1. The molecule has 6 heteroatoms. The van der Waals surface area contributed by atoms with Crippen molar-refractivity contribution in [3.05, 3.63) is 54.2 Å². The number of rotatable bonds is 4. The largest absolute Gasteiger partial charge is 0.516 e. The van der Waals surface area contributed by atoms with Gasteiger partial charge in [0.2, 0.25) is 0 Å². The molecule has 0 radical (unpaired) electrons. The third-order valence-electron chi connectivity index (χ3n) is 2.50. The number of anilines is 2. The summed E-state index contributed by atoms with van der Waals surface area (Å²) in [4.78, 5) is 27.2. The fourth-order valence-electron chi connectivity index (χ4n) is 1.61. The molecule has 0 saturated heterocycles. The smallest absolute Gasteiger partial charge is 0.434 e. The van der Waals surface area contributed by atoms with Crippen LogP contribution in [-0.4, -0.2) is 23.7 Å². The normalized spacial score (nSPS) is 9.76. The van der Waals surface area contributed by atoms with Gasteiger partial charge in [0.15, 0.2) is 0 Å². The maximum Gasteiger partial charge on any atom is 0.516 e. The highest BCUT2D eigenvalue weighted by atomic mass is 16.7. The van der Waals surface area contributed by atoms with Gasteiger partial charge in [-0.2, -0.15) is 0 Å². The van der Waals surface area contributed by atoms with Crippen molar-refractivity contribution in [3.63, 3.8) is 0 Å². The van der Waals surface area contributed by atoms with E-state index in [2.05, 4.69) is 19.8 Å². The van der Waals surface area contributed by atoms with Gasteiger partial charge in [-0.1, -0.05) is 18.2 Å². The molecular formula is C15H14N2O4. The van der Waals surface area contributed by atoms with Crippen molar-refractivity contribution >= 4 is 23.6 Å². The molecule has 0 fully saturated rings. The lowest BCUT2D eigenvalue weighted by molar-refractivity contribution is 0.0402. The van der Waals surface area contributed by atoms with Gasteiger partial charge in [-0.05, 0) is 31.2 Å². The molecule has 0 bridgehead atoms. The topological polar surface area (TPSA) is 77.5 Å². The molecule has 6 nitrogen and oxygen atoms in total. The zero-order valence-corrected chi connectivity index (χ0v) is 11.4. The van der Waals surface area contributed by atoms with E-state index in [4.69, 9.17) is 0 Å². The maximum atomic E-state index is 11.9. The number of carbonyl (C=O) groups is 2. The number of pyridine rings is 1. The Kier molecular flexibility index (Phi) is 4.87. The number of nitrogens with zero attached hydrogens (tertiary/aromatic N) is 1. The SMILES string of the molecule is CCOC(=O)OC(=O)c1cccnc1Nc1ccccc1. The van der Waals surface area contributed by atoms with Crippen LogP contribution in [0.15, 0.2) is 48.7 Å². The molecule has 21 heavy (non-hydrogen) atoms. The van der Waals surface area contributed by atoms with E-state index in [9.17, 15) is 9.59 Å². The summed E-state index contributed by atoms with van der Waals surface area (Å²) in [5.41, 5.74) is 0.913. The minimum atomic E-state index is -1.03. The molecule has 0 aliphatic rings. The third kappa shape index (κ3) is 4.04. The highest BCUT2D eigenvalue weighted by Crippen LogP contribution is 2.18. The predicted molar refractivity (Wildman–Crippen MR) is 76.4 cm³/mol. The molecule has 1 aromatic heterocycles. The molecular weight excluding hydrogens is 272 g/mol. The molecule has 108 valence electrons. The Labute approximate surface area is 121 Å². The van der Waals surface area contributed by atoms with Crippen molar-refractivity contribution in [2.24, 2.45) is 0 Å². The maximum absolute atomic E-state index is 11.9. The lowest BCUT2D eigenvalue weighted by atomic mass is 10.2. The van der Waals surface area contributed by atoms with E-state index in [0.29, 0.717) is 5.82 Å². The molecule has 1 heterocycles. The van der Waals surface area contributed by atoms with Gasteiger partial charge < -0.3 is 14.8 Å². The van der Waals surface area contributed by atoms with Gasteiger partial charge in [-0.15, -0.1) is 0 Å². The second-order valence-corrected chi connectivity index (χ2v) is 3.96. The summed E-state index contributed by atoms with van der Waals surface area (Å²) in [6.07, 6.45) is 0.504. The Morgan fingerprint density at radius 1 is 1.14 bits per heavy atom. The summed E-state index contributed by atoms with van der Waals surface area (Å²) in [6, 6.07) is 12.3. The average molecular weight is 286 g/mol. The van der Waals surface area contributed by atoms with Crippen LogP contribution in [0.2, 0.25) is 0 Å². The zero-order valence-electron chi connectivity index (χ0n) is 11.4. The molecule has 2 aromatic rings. The van der Waals surface area contributed by atoms with E-state index < -0.39 is 12.1 Å². The van der Waals surface area contributed by atoms with Gasteiger partial charge in [0, 0.05) is 11.9 Å². The number of para-hydroxylation sites is 1. The number of ether oxygens (including phenoxy) is 2. The Morgan fingerprint density at radius 2 is 1.90 bits per heavy atom. The van der Waals surface area contributed by atoms with Gasteiger partial charge >= 0.3 is 12.1 Å². The van der Waals surface area contributed by atoms with Crippen LogP contribution in [0.5, 0.6) is 0 Å². The van der Waals surface area contributed by atoms with Gasteiger partial charge in [-0.3, -0.25) is 0 Å². The molecule has 1 aromatic carbocycles. The van der Waals surface area contributed by atoms with Crippen molar-refractivity contribution in [3.8, 4) is 0 Å². The quantitative estimate of drug-likeness (QED) is 0.687. The molecule has 0 spiro atoms. The Bertz CT molecular complexity index is 629. The second kappa shape index (κ2) is 7.04. The molecule has 2 rings (SSSR count). The first-order valence-corrected chi connectivity index (χ1v) is 6.36.